The van der Waals surface area contributed by atoms with Gasteiger partial charge in [-0.05, 0) is 36.8 Å². The van der Waals surface area contributed by atoms with E-state index in [-0.39, 0.29) is 10.6 Å². The smallest absolute Gasteiger partial charge is 0.244 e. The first-order valence-electron chi connectivity index (χ1n) is 7.53. The molecule has 2 rings (SSSR count). The van der Waals surface area contributed by atoms with E-state index < -0.39 is 10.0 Å². The maximum Gasteiger partial charge on any atom is 0.244 e. The van der Waals surface area contributed by atoms with Crippen molar-refractivity contribution >= 4 is 27.3 Å². The summed E-state index contributed by atoms with van der Waals surface area (Å²) in [5.41, 5.74) is 1.09. The Morgan fingerprint density at radius 1 is 1.17 bits per heavy atom. The summed E-state index contributed by atoms with van der Waals surface area (Å²) >= 11 is 5.90. The number of para-hydroxylation sites is 1. The SMILES string of the molecule is COc1ccc(Cl)cc1S(=O)(=O)NCCCN(C)c1ccccc1. The highest BCUT2D eigenvalue weighted by molar-refractivity contribution is 7.89. The standard InChI is InChI=1S/C17H21ClN2O3S/c1-20(15-7-4-3-5-8-15)12-6-11-19-24(21,22)17-13-14(18)9-10-16(17)23-2/h3-5,7-10,13,19H,6,11-12H2,1-2H3. The molecule has 0 aliphatic heterocycles. The molecule has 0 bridgehead atoms. The highest BCUT2D eigenvalue weighted by Gasteiger charge is 2.19. The van der Waals surface area contributed by atoms with Crippen LogP contribution in [0.25, 0.3) is 0 Å². The van der Waals surface area contributed by atoms with E-state index in [4.69, 9.17) is 16.3 Å². The number of hydrogen-bond donors (Lipinski definition) is 1. The molecular formula is C17H21ClN2O3S. The molecular weight excluding hydrogens is 348 g/mol. The third-order valence-electron chi connectivity index (χ3n) is 3.57. The molecule has 0 spiro atoms. The Hall–Kier alpha value is -1.76. The van der Waals surface area contributed by atoms with E-state index in [2.05, 4.69) is 9.62 Å². The van der Waals surface area contributed by atoms with Gasteiger partial charge in [0.05, 0.1) is 7.11 Å². The fraction of sp³-hybridized carbons (Fsp3) is 0.294. The fourth-order valence-corrected chi connectivity index (χ4v) is 3.78. The molecule has 130 valence electrons. The predicted octanol–water partition coefficient (Wildman–Crippen LogP) is 3.15. The number of sulfonamides is 1. The molecule has 0 heterocycles. The Morgan fingerprint density at radius 2 is 1.88 bits per heavy atom. The molecule has 0 fully saturated rings. The van der Waals surface area contributed by atoms with Gasteiger partial charge in [-0.3, -0.25) is 0 Å². The van der Waals surface area contributed by atoms with E-state index in [0.29, 0.717) is 18.0 Å². The lowest BCUT2D eigenvalue weighted by molar-refractivity contribution is 0.402. The Bertz CT molecular complexity index is 767. The second kappa shape index (κ2) is 8.37. The zero-order valence-corrected chi connectivity index (χ0v) is 15.3. The van der Waals surface area contributed by atoms with Crippen LogP contribution in [-0.2, 0) is 10.0 Å². The van der Waals surface area contributed by atoms with Gasteiger partial charge in [0.1, 0.15) is 10.6 Å². The maximum atomic E-state index is 12.4. The van der Waals surface area contributed by atoms with Crippen molar-refractivity contribution in [2.45, 2.75) is 11.3 Å². The summed E-state index contributed by atoms with van der Waals surface area (Å²) in [7, 11) is -0.262. The average molecular weight is 369 g/mol. The largest absolute Gasteiger partial charge is 0.495 e. The Morgan fingerprint density at radius 3 is 2.54 bits per heavy atom. The lowest BCUT2D eigenvalue weighted by Gasteiger charge is -2.19. The van der Waals surface area contributed by atoms with Crippen molar-refractivity contribution in [1.82, 2.24) is 4.72 Å². The minimum Gasteiger partial charge on any atom is -0.495 e. The minimum absolute atomic E-state index is 0.0499. The highest BCUT2D eigenvalue weighted by atomic mass is 35.5. The number of hydrogen-bond acceptors (Lipinski definition) is 4. The third-order valence-corrected chi connectivity index (χ3v) is 5.29. The number of ether oxygens (including phenoxy) is 1. The molecule has 0 unspecified atom stereocenters. The summed E-state index contributed by atoms with van der Waals surface area (Å²) in [6.07, 6.45) is 0.674. The maximum absolute atomic E-state index is 12.4. The summed E-state index contributed by atoms with van der Waals surface area (Å²) in [5, 5.41) is 0.347. The molecule has 24 heavy (non-hydrogen) atoms. The van der Waals surface area contributed by atoms with Crippen molar-refractivity contribution in [3.05, 3.63) is 53.6 Å². The van der Waals surface area contributed by atoms with E-state index in [0.717, 1.165) is 12.2 Å². The van der Waals surface area contributed by atoms with Gasteiger partial charge < -0.3 is 9.64 Å². The Kier molecular flexibility index (Phi) is 6.48. The molecule has 0 saturated carbocycles. The van der Waals surface area contributed by atoms with Gasteiger partial charge in [-0.15, -0.1) is 0 Å². The van der Waals surface area contributed by atoms with Crippen LogP contribution in [0.3, 0.4) is 0 Å². The molecule has 0 atom stereocenters. The zero-order valence-electron chi connectivity index (χ0n) is 13.7. The molecule has 0 aliphatic rings. The number of anilines is 1. The predicted molar refractivity (Wildman–Crippen MR) is 97.5 cm³/mol. The van der Waals surface area contributed by atoms with Crippen LogP contribution < -0.4 is 14.4 Å². The van der Waals surface area contributed by atoms with E-state index in [1.54, 1.807) is 12.1 Å². The molecule has 7 heteroatoms. The molecule has 2 aromatic rings. The molecule has 0 saturated heterocycles. The topological polar surface area (TPSA) is 58.6 Å². The normalized spacial score (nSPS) is 11.3. The van der Waals surface area contributed by atoms with Crippen LogP contribution in [0.4, 0.5) is 5.69 Å². The zero-order chi connectivity index (χ0) is 17.6. The van der Waals surface area contributed by atoms with Gasteiger partial charge in [-0.1, -0.05) is 29.8 Å². The highest BCUT2D eigenvalue weighted by Crippen LogP contribution is 2.26. The molecule has 0 aromatic heterocycles. The van der Waals surface area contributed by atoms with Crippen LogP contribution in [0.1, 0.15) is 6.42 Å². The van der Waals surface area contributed by atoms with E-state index in [1.165, 1.54) is 13.2 Å². The third kappa shape index (κ3) is 4.87. The van der Waals surface area contributed by atoms with Crippen LogP contribution in [0.5, 0.6) is 5.75 Å². The van der Waals surface area contributed by atoms with E-state index in [9.17, 15) is 8.42 Å². The van der Waals surface area contributed by atoms with E-state index >= 15 is 0 Å². The first-order valence-corrected chi connectivity index (χ1v) is 9.39. The van der Waals surface area contributed by atoms with Crippen molar-refractivity contribution in [3.8, 4) is 5.75 Å². The van der Waals surface area contributed by atoms with Gasteiger partial charge in [0.25, 0.3) is 0 Å². The molecule has 0 amide bonds. The van der Waals surface area contributed by atoms with Crippen molar-refractivity contribution in [2.75, 3.05) is 32.1 Å². The van der Waals surface area contributed by atoms with Gasteiger partial charge in [0.2, 0.25) is 10.0 Å². The second-order valence-electron chi connectivity index (χ2n) is 5.30. The van der Waals surface area contributed by atoms with Crippen molar-refractivity contribution < 1.29 is 13.2 Å². The minimum atomic E-state index is -3.67. The summed E-state index contributed by atoms with van der Waals surface area (Å²) in [5.74, 6) is 0.272. The Labute approximate surface area is 148 Å². The number of methoxy groups -OCH3 is 1. The first-order chi connectivity index (χ1) is 11.4. The molecule has 5 nitrogen and oxygen atoms in total. The molecule has 0 radical (unpaired) electrons. The van der Waals surface area contributed by atoms with Crippen molar-refractivity contribution in [1.29, 1.82) is 0 Å². The summed E-state index contributed by atoms with van der Waals surface area (Å²) in [4.78, 5) is 2.13. The van der Waals surface area contributed by atoms with Crippen LogP contribution in [0, 0.1) is 0 Å². The quantitative estimate of drug-likeness (QED) is 0.727. The lowest BCUT2D eigenvalue weighted by Crippen LogP contribution is -2.28. The van der Waals surface area contributed by atoms with Crippen molar-refractivity contribution in [2.24, 2.45) is 0 Å². The van der Waals surface area contributed by atoms with Gasteiger partial charge in [0.15, 0.2) is 0 Å². The number of nitrogens with zero attached hydrogens (tertiary/aromatic N) is 1. The summed E-state index contributed by atoms with van der Waals surface area (Å²) in [6, 6.07) is 14.5. The number of halogens is 1. The van der Waals surface area contributed by atoms with Crippen LogP contribution >= 0.6 is 11.6 Å². The summed E-state index contributed by atoms with van der Waals surface area (Å²) < 4.78 is 32.5. The van der Waals surface area contributed by atoms with Gasteiger partial charge >= 0.3 is 0 Å². The van der Waals surface area contributed by atoms with Crippen LogP contribution in [0.15, 0.2) is 53.4 Å². The van der Waals surface area contributed by atoms with E-state index in [1.807, 2.05) is 37.4 Å². The second-order valence-corrected chi connectivity index (χ2v) is 7.48. The molecule has 2 aromatic carbocycles. The molecule has 1 N–H and O–H groups in total. The first kappa shape index (κ1) is 18.6. The fourth-order valence-electron chi connectivity index (χ4n) is 2.27. The van der Waals surface area contributed by atoms with Gasteiger partial charge in [0, 0.05) is 30.8 Å². The number of benzene rings is 2. The van der Waals surface area contributed by atoms with Gasteiger partial charge in [-0.2, -0.15) is 0 Å². The summed E-state index contributed by atoms with van der Waals surface area (Å²) in [6.45, 7) is 1.06. The van der Waals surface area contributed by atoms with Crippen LogP contribution in [-0.4, -0.2) is 35.7 Å². The van der Waals surface area contributed by atoms with Gasteiger partial charge in [-0.25, -0.2) is 13.1 Å². The van der Waals surface area contributed by atoms with Crippen molar-refractivity contribution in [3.63, 3.8) is 0 Å². The van der Waals surface area contributed by atoms with Crippen LogP contribution in [0.2, 0.25) is 5.02 Å². The number of nitrogens with one attached hydrogen (secondary N) is 1. The average Bonchev–Trinajstić information content (AvgIpc) is 2.59. The Balaban J connectivity index is 1.93. The lowest BCUT2D eigenvalue weighted by atomic mass is 10.3. The monoisotopic (exact) mass is 368 g/mol. The molecule has 0 aliphatic carbocycles. The number of rotatable bonds is 8.